The van der Waals surface area contributed by atoms with E-state index >= 15 is 0 Å². The average molecular weight is 348 g/mol. The summed E-state index contributed by atoms with van der Waals surface area (Å²) in [5.74, 6) is -0.596. The van der Waals surface area contributed by atoms with E-state index in [0.717, 1.165) is 0 Å². The van der Waals surface area contributed by atoms with Crippen LogP contribution in [0.2, 0.25) is 5.02 Å². The Labute approximate surface area is 139 Å². The maximum atomic E-state index is 12.9. The van der Waals surface area contributed by atoms with Crippen molar-refractivity contribution in [2.45, 2.75) is 16.1 Å². The van der Waals surface area contributed by atoms with Crippen molar-refractivity contribution in [2.24, 2.45) is 5.41 Å². The Morgan fingerprint density at radius 3 is 2.43 bits per heavy atom. The van der Waals surface area contributed by atoms with Crippen LogP contribution in [0, 0.1) is 16.7 Å². The topological polar surface area (TPSA) is 78.2 Å². The molecule has 1 fully saturated rings. The van der Waals surface area contributed by atoms with Gasteiger partial charge in [-0.25, -0.2) is 8.42 Å². The maximum absolute atomic E-state index is 12.9. The molecule has 1 aliphatic carbocycles. The number of aliphatic hydroxyl groups is 1. The van der Waals surface area contributed by atoms with Crippen LogP contribution in [-0.4, -0.2) is 25.4 Å². The van der Waals surface area contributed by atoms with Gasteiger partial charge >= 0.3 is 0 Å². The number of nitrogens with zero attached hydrogens (tertiary/aromatic N) is 1. The van der Waals surface area contributed by atoms with Crippen LogP contribution >= 0.6 is 11.6 Å². The van der Waals surface area contributed by atoms with Gasteiger partial charge in [0.05, 0.1) is 22.8 Å². The number of hydrogen-bond acceptors (Lipinski definition) is 4. The molecule has 1 saturated carbocycles. The Kier molecular flexibility index (Phi) is 3.93. The molecule has 0 radical (unpaired) electrons. The monoisotopic (exact) mass is 347 g/mol. The molecule has 2 aromatic rings. The SMILES string of the molecule is N#C[C@]1(CO)[C@H](c2cccc(Cl)c2)[C@@H]1S(=O)(=O)c1ccccc1. The Morgan fingerprint density at radius 2 is 1.87 bits per heavy atom. The van der Waals surface area contributed by atoms with Gasteiger partial charge in [0.15, 0.2) is 9.84 Å². The van der Waals surface area contributed by atoms with Gasteiger partial charge in [-0.05, 0) is 29.8 Å². The van der Waals surface area contributed by atoms with Crippen LogP contribution in [0.15, 0.2) is 59.5 Å². The van der Waals surface area contributed by atoms with Crippen molar-refractivity contribution in [2.75, 3.05) is 6.61 Å². The molecule has 0 unspecified atom stereocenters. The number of benzene rings is 2. The van der Waals surface area contributed by atoms with Crippen LogP contribution < -0.4 is 0 Å². The van der Waals surface area contributed by atoms with E-state index in [-0.39, 0.29) is 4.90 Å². The fraction of sp³-hybridized carbons (Fsp3) is 0.235. The Hall–Kier alpha value is -1.87. The Morgan fingerprint density at radius 1 is 1.17 bits per heavy atom. The summed E-state index contributed by atoms with van der Waals surface area (Å²) < 4.78 is 25.8. The molecule has 0 spiro atoms. The summed E-state index contributed by atoms with van der Waals surface area (Å²) in [6.07, 6.45) is 0. The third-order valence-corrected chi connectivity index (χ3v) is 6.87. The summed E-state index contributed by atoms with van der Waals surface area (Å²) in [4.78, 5) is 0.155. The lowest BCUT2D eigenvalue weighted by Gasteiger charge is -2.05. The van der Waals surface area contributed by atoms with Crippen molar-refractivity contribution in [1.29, 1.82) is 5.26 Å². The predicted molar refractivity (Wildman–Crippen MR) is 86.7 cm³/mol. The first kappa shape index (κ1) is 16.0. The van der Waals surface area contributed by atoms with Gasteiger partial charge in [-0.1, -0.05) is 41.9 Å². The lowest BCUT2D eigenvalue weighted by Crippen LogP contribution is -2.18. The normalized spacial score (nSPS) is 26.5. The van der Waals surface area contributed by atoms with E-state index in [4.69, 9.17) is 11.6 Å². The minimum absolute atomic E-state index is 0.155. The molecule has 3 atom stereocenters. The van der Waals surface area contributed by atoms with E-state index in [1.807, 2.05) is 6.07 Å². The predicted octanol–water partition coefficient (Wildman–Crippen LogP) is 2.78. The molecule has 118 valence electrons. The number of aliphatic hydroxyl groups excluding tert-OH is 1. The van der Waals surface area contributed by atoms with Crippen molar-refractivity contribution in [3.8, 4) is 6.07 Å². The molecule has 3 rings (SSSR count). The van der Waals surface area contributed by atoms with Crippen LogP contribution in [0.3, 0.4) is 0 Å². The molecule has 0 heterocycles. The summed E-state index contributed by atoms with van der Waals surface area (Å²) in [6, 6.07) is 16.8. The molecule has 0 aliphatic heterocycles. The second kappa shape index (κ2) is 5.64. The summed E-state index contributed by atoms with van der Waals surface area (Å²) >= 11 is 5.98. The zero-order chi connectivity index (χ0) is 16.7. The molecule has 0 saturated heterocycles. The van der Waals surface area contributed by atoms with Crippen molar-refractivity contribution >= 4 is 21.4 Å². The van der Waals surface area contributed by atoms with E-state index in [9.17, 15) is 18.8 Å². The van der Waals surface area contributed by atoms with Gasteiger partial charge in [-0.3, -0.25) is 0 Å². The zero-order valence-electron chi connectivity index (χ0n) is 12.1. The van der Waals surface area contributed by atoms with E-state index in [1.54, 1.807) is 42.5 Å². The molecular weight excluding hydrogens is 334 g/mol. The van der Waals surface area contributed by atoms with Crippen molar-refractivity contribution in [1.82, 2.24) is 0 Å². The van der Waals surface area contributed by atoms with Crippen LogP contribution in [0.1, 0.15) is 11.5 Å². The van der Waals surface area contributed by atoms with Gasteiger partial charge in [0.1, 0.15) is 5.41 Å². The average Bonchev–Trinajstić information content (AvgIpc) is 3.26. The summed E-state index contributed by atoms with van der Waals surface area (Å²) in [5.41, 5.74) is -0.683. The second-order valence-electron chi connectivity index (χ2n) is 5.62. The molecule has 6 heteroatoms. The largest absolute Gasteiger partial charge is 0.395 e. The lowest BCUT2D eigenvalue weighted by molar-refractivity contribution is 0.242. The van der Waals surface area contributed by atoms with E-state index < -0.39 is 33.0 Å². The maximum Gasteiger partial charge on any atom is 0.183 e. The van der Waals surface area contributed by atoms with Gasteiger partial charge in [0.2, 0.25) is 0 Å². The van der Waals surface area contributed by atoms with Crippen LogP contribution in [0.4, 0.5) is 0 Å². The molecule has 0 aromatic heterocycles. The van der Waals surface area contributed by atoms with Gasteiger partial charge in [0, 0.05) is 10.9 Å². The van der Waals surface area contributed by atoms with Gasteiger partial charge in [-0.15, -0.1) is 0 Å². The van der Waals surface area contributed by atoms with Crippen molar-refractivity contribution in [3.05, 3.63) is 65.2 Å². The molecule has 2 aromatic carbocycles. The highest BCUT2D eigenvalue weighted by Crippen LogP contribution is 2.63. The minimum atomic E-state index is -3.73. The molecule has 4 nitrogen and oxygen atoms in total. The van der Waals surface area contributed by atoms with Gasteiger partial charge in [-0.2, -0.15) is 5.26 Å². The molecular formula is C17H14ClNO3S. The number of sulfone groups is 1. The zero-order valence-corrected chi connectivity index (χ0v) is 13.6. The first-order chi connectivity index (χ1) is 11.0. The highest BCUT2D eigenvalue weighted by Gasteiger charge is 2.72. The van der Waals surface area contributed by atoms with Crippen molar-refractivity contribution < 1.29 is 13.5 Å². The summed E-state index contributed by atoms with van der Waals surface area (Å²) in [5, 5.41) is 18.7. The molecule has 23 heavy (non-hydrogen) atoms. The highest BCUT2D eigenvalue weighted by molar-refractivity contribution is 7.92. The Balaban J connectivity index is 2.10. The van der Waals surface area contributed by atoms with Gasteiger partial charge in [0.25, 0.3) is 0 Å². The lowest BCUT2D eigenvalue weighted by atomic mass is 10.0. The first-order valence-electron chi connectivity index (χ1n) is 7.04. The van der Waals surface area contributed by atoms with Crippen molar-refractivity contribution in [3.63, 3.8) is 0 Å². The molecule has 0 amide bonds. The number of hydrogen-bond donors (Lipinski definition) is 1. The third-order valence-electron chi connectivity index (χ3n) is 4.34. The standard InChI is InChI=1S/C17H14ClNO3S/c18-13-6-4-5-12(9-13)15-16(17(15,10-19)11-20)23(21,22)14-7-2-1-3-8-14/h1-9,15-16,20H,11H2/t15-,16+,17+/m1/s1. The number of nitriles is 1. The Bertz CT molecular complexity index is 876. The first-order valence-corrected chi connectivity index (χ1v) is 8.96. The minimum Gasteiger partial charge on any atom is -0.395 e. The van der Waals surface area contributed by atoms with E-state index in [2.05, 4.69) is 0 Å². The van der Waals surface area contributed by atoms with Crippen LogP contribution in [0.25, 0.3) is 0 Å². The summed E-state index contributed by atoms with van der Waals surface area (Å²) in [7, 11) is -3.73. The number of rotatable bonds is 4. The second-order valence-corrected chi connectivity index (χ2v) is 8.13. The van der Waals surface area contributed by atoms with Crippen LogP contribution in [0.5, 0.6) is 0 Å². The van der Waals surface area contributed by atoms with Crippen LogP contribution in [-0.2, 0) is 9.84 Å². The quantitative estimate of drug-likeness (QED) is 0.922. The fourth-order valence-electron chi connectivity index (χ4n) is 3.15. The fourth-order valence-corrected chi connectivity index (χ4v) is 5.68. The smallest absolute Gasteiger partial charge is 0.183 e. The summed E-state index contributed by atoms with van der Waals surface area (Å²) in [6.45, 7) is -0.516. The van der Waals surface area contributed by atoms with E-state index in [0.29, 0.717) is 10.6 Å². The number of halogens is 1. The molecule has 0 bridgehead atoms. The highest BCUT2D eigenvalue weighted by atomic mass is 35.5. The molecule has 1 N–H and O–H groups in total. The van der Waals surface area contributed by atoms with Gasteiger partial charge < -0.3 is 5.11 Å². The van der Waals surface area contributed by atoms with E-state index in [1.165, 1.54) is 12.1 Å². The molecule has 1 aliphatic rings. The third kappa shape index (κ3) is 2.43.